The van der Waals surface area contributed by atoms with Crippen LogP contribution in [0.25, 0.3) is 10.8 Å². The predicted octanol–water partition coefficient (Wildman–Crippen LogP) is 4.85. The molecule has 0 radical (unpaired) electrons. The molecule has 0 spiro atoms. The lowest BCUT2D eigenvalue weighted by Gasteiger charge is -2.14. The average molecular weight is 391 g/mol. The van der Waals surface area contributed by atoms with Gasteiger partial charge >= 0.3 is 0 Å². The van der Waals surface area contributed by atoms with Crippen LogP contribution in [0.4, 0.5) is 5.69 Å². The topological polar surface area (TPSA) is 50.4 Å². The summed E-state index contributed by atoms with van der Waals surface area (Å²) in [4.78, 5) is 12.5. The minimum absolute atomic E-state index is 0.172. The number of para-hydroxylation sites is 2. The fraction of sp³-hybridized carbons (Fsp3) is 0.130. The minimum Gasteiger partial charge on any atom is -0.487 e. The largest absolute Gasteiger partial charge is 0.487 e. The minimum atomic E-state index is -0.172. The molecule has 28 heavy (non-hydrogen) atoms. The SMILES string of the molecule is C=C(C)COc1ccccc1NC(=S)NC(=O)Cc1cccc2ccccc12. The first-order chi connectivity index (χ1) is 13.5. The van der Waals surface area contributed by atoms with Crippen LogP contribution in [0, 0.1) is 0 Å². The second kappa shape index (κ2) is 9.15. The van der Waals surface area contributed by atoms with E-state index in [1.54, 1.807) is 0 Å². The van der Waals surface area contributed by atoms with Crippen molar-refractivity contribution in [3.05, 3.63) is 84.4 Å². The van der Waals surface area contributed by atoms with E-state index in [1.807, 2.05) is 73.7 Å². The molecule has 3 aromatic carbocycles. The van der Waals surface area contributed by atoms with Gasteiger partial charge in [0.1, 0.15) is 12.4 Å². The third-order valence-electron chi connectivity index (χ3n) is 4.09. The Bertz CT molecular complexity index is 1020. The average Bonchev–Trinajstić information content (AvgIpc) is 2.67. The van der Waals surface area contributed by atoms with Crippen molar-refractivity contribution < 1.29 is 9.53 Å². The van der Waals surface area contributed by atoms with Crippen molar-refractivity contribution in [2.45, 2.75) is 13.3 Å². The Morgan fingerprint density at radius 2 is 1.75 bits per heavy atom. The van der Waals surface area contributed by atoms with Crippen molar-refractivity contribution in [1.29, 1.82) is 0 Å². The molecule has 0 aromatic heterocycles. The summed E-state index contributed by atoms with van der Waals surface area (Å²) in [5, 5.41) is 8.18. The highest BCUT2D eigenvalue weighted by Crippen LogP contribution is 2.24. The Balaban J connectivity index is 1.64. The molecule has 5 heteroatoms. The van der Waals surface area contributed by atoms with E-state index >= 15 is 0 Å². The first-order valence-corrected chi connectivity index (χ1v) is 9.37. The monoisotopic (exact) mass is 390 g/mol. The lowest BCUT2D eigenvalue weighted by Crippen LogP contribution is -2.35. The van der Waals surface area contributed by atoms with E-state index < -0.39 is 0 Å². The lowest BCUT2D eigenvalue weighted by atomic mass is 10.0. The van der Waals surface area contributed by atoms with Crippen LogP contribution in [0.1, 0.15) is 12.5 Å². The van der Waals surface area contributed by atoms with Gasteiger partial charge < -0.3 is 15.4 Å². The van der Waals surface area contributed by atoms with Crippen LogP contribution in [-0.4, -0.2) is 17.6 Å². The van der Waals surface area contributed by atoms with Crippen LogP contribution in [0.3, 0.4) is 0 Å². The second-order valence-electron chi connectivity index (χ2n) is 6.56. The molecule has 0 fully saturated rings. The molecule has 0 aliphatic heterocycles. The molecule has 0 heterocycles. The summed E-state index contributed by atoms with van der Waals surface area (Å²) >= 11 is 5.30. The van der Waals surface area contributed by atoms with Crippen molar-refractivity contribution in [2.75, 3.05) is 11.9 Å². The number of anilines is 1. The maximum absolute atomic E-state index is 12.5. The number of benzene rings is 3. The van der Waals surface area contributed by atoms with Crippen molar-refractivity contribution in [2.24, 2.45) is 0 Å². The van der Waals surface area contributed by atoms with Crippen molar-refractivity contribution in [1.82, 2.24) is 5.32 Å². The van der Waals surface area contributed by atoms with E-state index in [0.717, 1.165) is 21.9 Å². The quantitative estimate of drug-likeness (QED) is 0.467. The molecular weight excluding hydrogens is 368 g/mol. The van der Waals surface area contributed by atoms with Crippen LogP contribution >= 0.6 is 12.2 Å². The van der Waals surface area contributed by atoms with Crippen LogP contribution in [0.15, 0.2) is 78.9 Å². The van der Waals surface area contributed by atoms with Crippen molar-refractivity contribution in [3.8, 4) is 5.75 Å². The Kier molecular flexibility index (Phi) is 6.40. The number of rotatable bonds is 6. The summed E-state index contributed by atoms with van der Waals surface area (Å²) in [6, 6.07) is 21.4. The number of carbonyl (C=O) groups is 1. The second-order valence-corrected chi connectivity index (χ2v) is 6.97. The number of amides is 1. The van der Waals surface area contributed by atoms with E-state index in [9.17, 15) is 4.79 Å². The van der Waals surface area contributed by atoms with Gasteiger partial charge in [-0.05, 0) is 53.2 Å². The van der Waals surface area contributed by atoms with Crippen molar-refractivity contribution in [3.63, 3.8) is 0 Å². The molecule has 0 aliphatic rings. The fourth-order valence-electron chi connectivity index (χ4n) is 2.84. The van der Waals surface area contributed by atoms with Gasteiger partial charge in [-0.25, -0.2) is 0 Å². The standard InChI is InChI=1S/C23H22N2O2S/c1-16(2)15-27-21-13-6-5-12-20(21)24-23(28)25-22(26)14-18-10-7-9-17-8-3-4-11-19(17)18/h3-13H,1,14-15H2,2H3,(H2,24,25,26,28). The van der Waals surface area contributed by atoms with Gasteiger partial charge in [0.05, 0.1) is 12.1 Å². The number of thiocarbonyl (C=S) groups is 1. The molecule has 0 saturated carbocycles. The summed E-state index contributed by atoms with van der Waals surface area (Å²) in [7, 11) is 0. The molecule has 3 rings (SSSR count). The Hall–Kier alpha value is -3.18. The number of hydrogen-bond donors (Lipinski definition) is 2. The van der Waals surface area contributed by atoms with Crippen LogP contribution in [0.5, 0.6) is 5.75 Å². The molecule has 0 bridgehead atoms. The zero-order chi connectivity index (χ0) is 19.9. The molecule has 2 N–H and O–H groups in total. The first kappa shape index (κ1) is 19.6. The smallest absolute Gasteiger partial charge is 0.230 e. The highest BCUT2D eigenvalue weighted by atomic mass is 32.1. The van der Waals surface area contributed by atoms with Gasteiger partial charge in [0.15, 0.2) is 5.11 Å². The molecule has 4 nitrogen and oxygen atoms in total. The normalized spacial score (nSPS) is 10.3. The van der Waals surface area contributed by atoms with E-state index in [-0.39, 0.29) is 17.4 Å². The summed E-state index contributed by atoms with van der Waals surface area (Å²) in [5.74, 6) is 0.477. The first-order valence-electron chi connectivity index (χ1n) is 8.96. The van der Waals surface area contributed by atoms with Crippen LogP contribution in [0.2, 0.25) is 0 Å². The highest BCUT2D eigenvalue weighted by Gasteiger charge is 2.10. The lowest BCUT2D eigenvalue weighted by molar-refractivity contribution is -0.119. The van der Waals surface area contributed by atoms with Crippen LogP contribution in [-0.2, 0) is 11.2 Å². The molecule has 142 valence electrons. The van der Waals surface area contributed by atoms with E-state index in [2.05, 4.69) is 17.2 Å². The molecule has 3 aromatic rings. The van der Waals surface area contributed by atoms with Gasteiger partial charge in [-0.15, -0.1) is 0 Å². The van der Waals surface area contributed by atoms with Gasteiger partial charge in [0, 0.05) is 0 Å². The van der Waals surface area contributed by atoms with Gasteiger partial charge in [0.25, 0.3) is 0 Å². The summed E-state index contributed by atoms with van der Waals surface area (Å²) < 4.78 is 5.71. The number of fused-ring (bicyclic) bond motifs is 1. The Morgan fingerprint density at radius 1 is 1.04 bits per heavy atom. The van der Waals surface area contributed by atoms with Gasteiger partial charge in [0.2, 0.25) is 5.91 Å². The van der Waals surface area contributed by atoms with Gasteiger partial charge in [-0.3, -0.25) is 4.79 Å². The third-order valence-corrected chi connectivity index (χ3v) is 4.30. The number of nitrogens with one attached hydrogen (secondary N) is 2. The van der Waals surface area contributed by atoms with Gasteiger partial charge in [-0.1, -0.05) is 61.2 Å². The summed E-state index contributed by atoms with van der Waals surface area (Å²) in [5.41, 5.74) is 2.57. The molecule has 1 amide bonds. The Morgan fingerprint density at radius 3 is 2.57 bits per heavy atom. The number of ether oxygens (including phenoxy) is 1. The van der Waals surface area contributed by atoms with Gasteiger partial charge in [-0.2, -0.15) is 0 Å². The van der Waals surface area contributed by atoms with E-state index in [1.165, 1.54) is 0 Å². The zero-order valence-corrected chi connectivity index (χ0v) is 16.5. The third kappa shape index (κ3) is 5.18. The van der Waals surface area contributed by atoms with Crippen LogP contribution < -0.4 is 15.4 Å². The van der Waals surface area contributed by atoms with E-state index in [0.29, 0.717) is 18.0 Å². The predicted molar refractivity (Wildman–Crippen MR) is 119 cm³/mol. The fourth-order valence-corrected chi connectivity index (χ4v) is 3.06. The Labute approximate surface area is 170 Å². The maximum Gasteiger partial charge on any atom is 0.230 e. The number of hydrogen-bond acceptors (Lipinski definition) is 3. The number of carbonyl (C=O) groups excluding carboxylic acids is 1. The molecule has 0 saturated heterocycles. The van der Waals surface area contributed by atoms with E-state index in [4.69, 9.17) is 17.0 Å². The molecular formula is C23H22N2O2S. The summed E-state index contributed by atoms with van der Waals surface area (Å²) in [6.07, 6.45) is 0.247. The molecule has 0 unspecified atom stereocenters. The highest BCUT2D eigenvalue weighted by molar-refractivity contribution is 7.80. The van der Waals surface area contributed by atoms with Crippen molar-refractivity contribution >= 4 is 39.7 Å². The zero-order valence-electron chi connectivity index (χ0n) is 15.7. The summed E-state index contributed by atoms with van der Waals surface area (Å²) in [6.45, 7) is 6.15. The molecule has 0 atom stereocenters. The maximum atomic E-state index is 12.5. The molecule has 0 aliphatic carbocycles.